The molecule has 0 N–H and O–H groups in total. The van der Waals surface area contributed by atoms with Gasteiger partial charge in [-0.25, -0.2) is 0 Å². The molecule has 4 nitrogen and oxygen atoms in total. The van der Waals surface area contributed by atoms with Crippen LogP contribution in [0.5, 0.6) is 5.75 Å². The summed E-state index contributed by atoms with van der Waals surface area (Å²) in [4.78, 5) is 17.3. The summed E-state index contributed by atoms with van der Waals surface area (Å²) in [5.74, 6) is 1.14. The number of amides is 1. The van der Waals surface area contributed by atoms with Gasteiger partial charge in [-0.05, 0) is 57.9 Å². The number of carbonyl (C=O) groups excluding carboxylic acids is 1. The topological polar surface area (TPSA) is 32.8 Å². The Labute approximate surface area is 175 Å². The molecule has 0 atom stereocenters. The number of rotatable bonds is 8. The molecule has 1 heterocycles. The van der Waals surface area contributed by atoms with E-state index < -0.39 is 0 Å². The van der Waals surface area contributed by atoms with Gasteiger partial charge < -0.3 is 9.64 Å². The molecule has 0 saturated carbocycles. The maximum atomic E-state index is 12.7. The van der Waals surface area contributed by atoms with E-state index in [2.05, 4.69) is 43.9 Å². The molecule has 2 aromatic rings. The van der Waals surface area contributed by atoms with Crippen LogP contribution in [-0.4, -0.2) is 47.5 Å². The molecule has 0 bridgehead atoms. The van der Waals surface area contributed by atoms with E-state index in [4.69, 9.17) is 4.74 Å². The minimum absolute atomic E-state index is 0.154. The van der Waals surface area contributed by atoms with Crippen molar-refractivity contribution < 1.29 is 9.53 Å². The van der Waals surface area contributed by atoms with Crippen LogP contribution in [0.2, 0.25) is 0 Å². The van der Waals surface area contributed by atoms with Gasteiger partial charge in [0.05, 0.1) is 6.10 Å². The van der Waals surface area contributed by atoms with Crippen molar-refractivity contribution in [2.45, 2.75) is 58.7 Å². The number of likely N-dealkylation sites (tertiary alicyclic amines) is 1. The number of hydrogen-bond donors (Lipinski definition) is 0. The molecule has 0 unspecified atom stereocenters. The summed E-state index contributed by atoms with van der Waals surface area (Å²) < 4.78 is 6.03. The standard InChI is InChI=1S/C25H34N2O2/c1-4-16-27(19-22-12-8-9-13-24(22)29-20(2)3)23-14-17-26(18-15-23)25(28)21-10-6-5-7-11-21/h5-13,20,23H,4,14-19H2,1-3H3. The Balaban J connectivity index is 1.63. The Hall–Kier alpha value is -2.33. The van der Waals surface area contributed by atoms with Crippen LogP contribution in [-0.2, 0) is 6.54 Å². The zero-order valence-corrected chi connectivity index (χ0v) is 18.0. The number of hydrogen-bond acceptors (Lipinski definition) is 3. The molecule has 0 aliphatic carbocycles. The van der Waals surface area contributed by atoms with Gasteiger partial charge in [0.1, 0.15) is 5.75 Å². The molecule has 3 rings (SSSR count). The SMILES string of the molecule is CCCN(Cc1ccccc1OC(C)C)C1CCN(C(=O)c2ccccc2)CC1. The Morgan fingerprint density at radius 3 is 2.38 bits per heavy atom. The Morgan fingerprint density at radius 2 is 1.72 bits per heavy atom. The molecule has 156 valence electrons. The molecule has 0 spiro atoms. The normalized spacial score (nSPS) is 15.1. The van der Waals surface area contributed by atoms with Gasteiger partial charge >= 0.3 is 0 Å². The number of benzene rings is 2. The number of ether oxygens (including phenoxy) is 1. The second-order valence-electron chi connectivity index (χ2n) is 8.13. The quantitative estimate of drug-likeness (QED) is 0.632. The fraction of sp³-hybridized carbons (Fsp3) is 0.480. The van der Waals surface area contributed by atoms with Crippen molar-refractivity contribution in [2.75, 3.05) is 19.6 Å². The highest BCUT2D eigenvalue weighted by molar-refractivity contribution is 5.94. The van der Waals surface area contributed by atoms with E-state index in [1.807, 2.05) is 41.3 Å². The molecule has 1 fully saturated rings. The van der Waals surface area contributed by atoms with Gasteiger partial charge in [0.15, 0.2) is 0 Å². The van der Waals surface area contributed by atoms with E-state index >= 15 is 0 Å². The van der Waals surface area contributed by atoms with Crippen molar-refractivity contribution >= 4 is 5.91 Å². The maximum Gasteiger partial charge on any atom is 0.253 e. The fourth-order valence-electron chi connectivity index (χ4n) is 4.10. The Bertz CT molecular complexity index is 767. The Kier molecular flexibility index (Phi) is 7.70. The number of nitrogens with zero attached hydrogens (tertiary/aromatic N) is 2. The van der Waals surface area contributed by atoms with E-state index in [0.29, 0.717) is 6.04 Å². The maximum absolute atomic E-state index is 12.7. The van der Waals surface area contributed by atoms with Gasteiger partial charge in [-0.3, -0.25) is 9.69 Å². The second kappa shape index (κ2) is 10.4. The van der Waals surface area contributed by atoms with Gasteiger partial charge in [-0.2, -0.15) is 0 Å². The third-order valence-corrected chi connectivity index (χ3v) is 5.51. The average molecular weight is 395 g/mol. The molecule has 1 saturated heterocycles. The van der Waals surface area contributed by atoms with Gasteiger partial charge in [0.25, 0.3) is 5.91 Å². The molecule has 4 heteroatoms. The molecule has 1 amide bonds. The van der Waals surface area contributed by atoms with Crippen molar-refractivity contribution in [1.82, 2.24) is 9.80 Å². The molecule has 1 aliphatic rings. The number of piperidine rings is 1. The van der Waals surface area contributed by atoms with Crippen molar-refractivity contribution in [3.8, 4) is 5.75 Å². The minimum Gasteiger partial charge on any atom is -0.491 e. The average Bonchev–Trinajstić information content (AvgIpc) is 2.74. The highest BCUT2D eigenvalue weighted by Crippen LogP contribution is 2.25. The van der Waals surface area contributed by atoms with E-state index in [1.54, 1.807) is 0 Å². The van der Waals surface area contributed by atoms with Crippen LogP contribution < -0.4 is 4.74 Å². The highest BCUT2D eigenvalue weighted by atomic mass is 16.5. The minimum atomic E-state index is 0.154. The van der Waals surface area contributed by atoms with Crippen LogP contribution in [0.15, 0.2) is 54.6 Å². The molecule has 0 aromatic heterocycles. The second-order valence-corrected chi connectivity index (χ2v) is 8.13. The summed E-state index contributed by atoms with van der Waals surface area (Å²) in [6.07, 6.45) is 3.33. The molecule has 1 aliphatic heterocycles. The van der Waals surface area contributed by atoms with E-state index in [0.717, 1.165) is 56.8 Å². The first-order valence-corrected chi connectivity index (χ1v) is 10.9. The molecule has 29 heavy (non-hydrogen) atoms. The third kappa shape index (κ3) is 5.83. The molecule has 2 aromatic carbocycles. The lowest BCUT2D eigenvalue weighted by Gasteiger charge is -2.39. The Morgan fingerprint density at radius 1 is 1.07 bits per heavy atom. The van der Waals surface area contributed by atoms with Crippen molar-refractivity contribution in [3.63, 3.8) is 0 Å². The van der Waals surface area contributed by atoms with Crippen LogP contribution >= 0.6 is 0 Å². The summed E-state index contributed by atoms with van der Waals surface area (Å²) in [7, 11) is 0. The zero-order valence-electron chi connectivity index (χ0n) is 18.0. The molecular weight excluding hydrogens is 360 g/mol. The monoisotopic (exact) mass is 394 g/mol. The van der Waals surface area contributed by atoms with Gasteiger partial charge in [0.2, 0.25) is 0 Å². The fourth-order valence-corrected chi connectivity index (χ4v) is 4.10. The van der Waals surface area contributed by atoms with E-state index in [-0.39, 0.29) is 12.0 Å². The van der Waals surface area contributed by atoms with Gasteiger partial charge in [-0.1, -0.05) is 43.3 Å². The lowest BCUT2D eigenvalue weighted by atomic mass is 10.0. The largest absolute Gasteiger partial charge is 0.491 e. The molecule has 0 radical (unpaired) electrons. The summed E-state index contributed by atoms with van der Waals surface area (Å²) >= 11 is 0. The van der Waals surface area contributed by atoms with Crippen LogP contribution in [0, 0.1) is 0 Å². The summed E-state index contributed by atoms with van der Waals surface area (Å²) in [6.45, 7) is 9.98. The van der Waals surface area contributed by atoms with Gasteiger partial charge in [-0.15, -0.1) is 0 Å². The summed E-state index contributed by atoms with van der Waals surface area (Å²) in [5, 5.41) is 0. The van der Waals surface area contributed by atoms with Crippen LogP contribution in [0.25, 0.3) is 0 Å². The lowest BCUT2D eigenvalue weighted by molar-refractivity contribution is 0.0605. The van der Waals surface area contributed by atoms with Crippen molar-refractivity contribution in [1.29, 1.82) is 0 Å². The van der Waals surface area contributed by atoms with Crippen LogP contribution in [0.1, 0.15) is 56.0 Å². The molecular formula is C25H34N2O2. The first-order chi connectivity index (χ1) is 14.1. The number of carbonyl (C=O) groups is 1. The van der Waals surface area contributed by atoms with Crippen molar-refractivity contribution in [3.05, 3.63) is 65.7 Å². The summed E-state index contributed by atoms with van der Waals surface area (Å²) in [6, 6.07) is 18.5. The smallest absolute Gasteiger partial charge is 0.253 e. The van der Waals surface area contributed by atoms with Gasteiger partial charge in [0, 0.05) is 36.8 Å². The third-order valence-electron chi connectivity index (χ3n) is 5.51. The van der Waals surface area contributed by atoms with Crippen LogP contribution in [0.4, 0.5) is 0 Å². The summed E-state index contributed by atoms with van der Waals surface area (Å²) in [5.41, 5.74) is 2.04. The van der Waals surface area contributed by atoms with E-state index in [9.17, 15) is 4.79 Å². The zero-order chi connectivity index (χ0) is 20.6. The first kappa shape index (κ1) is 21.4. The number of para-hydroxylation sites is 1. The first-order valence-electron chi connectivity index (χ1n) is 10.9. The predicted molar refractivity (Wildman–Crippen MR) is 118 cm³/mol. The van der Waals surface area contributed by atoms with E-state index in [1.165, 1.54) is 5.56 Å². The lowest BCUT2D eigenvalue weighted by Crippen LogP contribution is -2.46. The van der Waals surface area contributed by atoms with Crippen LogP contribution in [0.3, 0.4) is 0 Å². The van der Waals surface area contributed by atoms with Crippen molar-refractivity contribution in [2.24, 2.45) is 0 Å². The predicted octanol–water partition coefficient (Wildman–Crippen LogP) is 4.99. The highest BCUT2D eigenvalue weighted by Gasteiger charge is 2.27.